The third kappa shape index (κ3) is 15.5. The van der Waals surface area contributed by atoms with Crippen LogP contribution in [0, 0.1) is 35.3 Å². The van der Waals surface area contributed by atoms with Gasteiger partial charge >= 0.3 is 0 Å². The number of hydrogen-bond donors (Lipinski definition) is 0. The lowest BCUT2D eigenvalue weighted by Gasteiger charge is -2.38. The number of hydrogen-bond acceptors (Lipinski definition) is 1. The van der Waals surface area contributed by atoms with E-state index in [1.807, 2.05) is 6.07 Å². The summed E-state index contributed by atoms with van der Waals surface area (Å²) in [7, 11) is -2.29. The number of benzene rings is 2. The first-order valence-electron chi connectivity index (χ1n) is 23.0. The van der Waals surface area contributed by atoms with E-state index in [0.29, 0.717) is 18.1 Å². The van der Waals surface area contributed by atoms with Gasteiger partial charge in [0.05, 0.1) is 6.61 Å². The molecule has 2 aliphatic carbocycles. The van der Waals surface area contributed by atoms with E-state index in [9.17, 15) is 0 Å². The van der Waals surface area contributed by atoms with E-state index in [-0.39, 0.29) is 11.7 Å². The van der Waals surface area contributed by atoms with E-state index >= 15 is 8.78 Å². The smallest absolute Gasteiger partial charge is 0.200 e. The molecule has 0 radical (unpaired) electrons. The standard InChI is InChI=1S/C49H82F2OSi2/c1-8-18-41-23-25-43(26-24-41)44-27-29-45(30-28-44)46-31-32-47(49(51)48(46)50)52-34-16-11-9-10-12-17-35-53(4,5)37-38-54(6,7)36-33-39(2)21-22-40(3)42-19-14-13-15-20-42/h13-15,19-20,31-32,39-41,43-45H,8-12,16-18,21-30,33-38H2,1-7H3. The average Bonchev–Trinajstić information content (AvgIpc) is 3.17. The minimum absolute atomic E-state index is 0.0928. The largest absolute Gasteiger partial charge is 0.490 e. The predicted octanol–water partition coefficient (Wildman–Crippen LogP) is 16.6. The van der Waals surface area contributed by atoms with Gasteiger partial charge in [0, 0.05) is 16.1 Å². The third-order valence-electron chi connectivity index (χ3n) is 14.3. The molecule has 0 aromatic heterocycles. The first-order chi connectivity index (χ1) is 25.9. The van der Waals surface area contributed by atoms with Gasteiger partial charge in [-0.15, -0.1) is 0 Å². The minimum Gasteiger partial charge on any atom is -0.490 e. The maximum atomic E-state index is 15.3. The fourth-order valence-electron chi connectivity index (χ4n) is 10.0. The summed E-state index contributed by atoms with van der Waals surface area (Å²) in [6.07, 6.45) is 23.8. The normalized spacial score (nSPS) is 22.2. The lowest BCUT2D eigenvalue weighted by atomic mass is 9.68. The highest BCUT2D eigenvalue weighted by Crippen LogP contribution is 2.45. The summed E-state index contributed by atoms with van der Waals surface area (Å²) in [6, 6.07) is 20.5. The van der Waals surface area contributed by atoms with Crippen LogP contribution in [0.3, 0.4) is 0 Å². The lowest BCUT2D eigenvalue weighted by Crippen LogP contribution is -2.32. The Morgan fingerprint density at radius 2 is 1.22 bits per heavy atom. The fraction of sp³-hybridized carbons (Fsp3) is 0.755. The lowest BCUT2D eigenvalue weighted by molar-refractivity contribution is 0.155. The zero-order chi connectivity index (χ0) is 39.0. The molecular formula is C49H82F2OSi2. The Morgan fingerprint density at radius 3 is 1.87 bits per heavy atom. The first kappa shape index (κ1) is 45.2. The van der Waals surface area contributed by atoms with Gasteiger partial charge in [0.15, 0.2) is 11.6 Å². The van der Waals surface area contributed by atoms with Gasteiger partial charge < -0.3 is 4.74 Å². The van der Waals surface area contributed by atoms with Gasteiger partial charge in [0.1, 0.15) is 0 Å². The van der Waals surface area contributed by atoms with Crippen LogP contribution in [0.2, 0.25) is 50.4 Å². The molecule has 0 bridgehead atoms. The van der Waals surface area contributed by atoms with E-state index < -0.39 is 27.8 Å². The maximum Gasteiger partial charge on any atom is 0.200 e. The molecule has 2 aliphatic rings. The average molecular weight is 781 g/mol. The highest BCUT2D eigenvalue weighted by Gasteiger charge is 2.33. The van der Waals surface area contributed by atoms with Crippen LogP contribution in [0.1, 0.15) is 166 Å². The number of rotatable bonds is 24. The van der Waals surface area contributed by atoms with Crippen LogP contribution in [0.15, 0.2) is 42.5 Å². The Balaban J connectivity index is 1.02. The molecule has 2 atom stereocenters. The Kier molecular flexibility index (Phi) is 19.3. The molecule has 2 aromatic carbocycles. The van der Waals surface area contributed by atoms with Crippen molar-refractivity contribution in [3.63, 3.8) is 0 Å². The molecule has 306 valence electrons. The van der Waals surface area contributed by atoms with Crippen molar-refractivity contribution < 1.29 is 13.5 Å². The SMILES string of the molecule is CCCC1CCC(C2CCC(c3ccc(OCCCCCCCC[Si](C)(C)CC[Si](C)(C)CCC(C)CCC(C)c4ccccc4)c(F)c3F)CC2)CC1. The maximum absolute atomic E-state index is 15.3. The number of unbranched alkanes of at least 4 members (excludes halogenated alkanes) is 5. The minimum atomic E-state index is -1.15. The summed E-state index contributed by atoms with van der Waals surface area (Å²) < 4.78 is 36.1. The van der Waals surface area contributed by atoms with Gasteiger partial charge in [-0.25, -0.2) is 4.39 Å². The molecule has 2 unspecified atom stereocenters. The Hall–Kier alpha value is -1.47. The van der Waals surface area contributed by atoms with Crippen LogP contribution in [0.5, 0.6) is 5.75 Å². The molecule has 1 nitrogen and oxygen atoms in total. The molecule has 4 rings (SSSR count). The van der Waals surface area contributed by atoms with Gasteiger partial charge in [-0.3, -0.25) is 0 Å². The molecule has 0 heterocycles. The first-order valence-corrected chi connectivity index (χ1v) is 29.9. The van der Waals surface area contributed by atoms with Gasteiger partial charge in [-0.2, -0.15) is 4.39 Å². The van der Waals surface area contributed by atoms with Gasteiger partial charge in [-0.05, 0) is 104 Å². The Labute approximate surface area is 334 Å². The number of halogens is 2. The predicted molar refractivity (Wildman–Crippen MR) is 237 cm³/mol. The van der Waals surface area contributed by atoms with Gasteiger partial charge in [0.2, 0.25) is 5.82 Å². The van der Waals surface area contributed by atoms with Gasteiger partial charge in [0.25, 0.3) is 0 Å². The second-order valence-corrected chi connectivity index (χ2v) is 30.7. The molecular weight excluding hydrogens is 699 g/mol. The van der Waals surface area contributed by atoms with Crippen LogP contribution in [-0.2, 0) is 0 Å². The summed E-state index contributed by atoms with van der Waals surface area (Å²) >= 11 is 0. The Bertz CT molecular complexity index is 1310. The van der Waals surface area contributed by atoms with Gasteiger partial charge in [-0.1, -0.05) is 178 Å². The van der Waals surface area contributed by atoms with Crippen molar-refractivity contribution in [1.82, 2.24) is 0 Å². The molecule has 0 aliphatic heterocycles. The van der Waals surface area contributed by atoms with Crippen molar-refractivity contribution in [3.05, 3.63) is 65.2 Å². The topological polar surface area (TPSA) is 9.23 Å². The zero-order valence-corrected chi connectivity index (χ0v) is 38.1. The summed E-state index contributed by atoms with van der Waals surface area (Å²) in [6.45, 7) is 18.2. The van der Waals surface area contributed by atoms with E-state index in [0.717, 1.165) is 49.4 Å². The summed E-state index contributed by atoms with van der Waals surface area (Å²) in [5, 5.41) is 0. The van der Waals surface area contributed by atoms with Crippen LogP contribution < -0.4 is 4.74 Å². The summed E-state index contributed by atoms with van der Waals surface area (Å²) in [4.78, 5) is 0. The molecule has 2 saturated carbocycles. The van der Waals surface area contributed by atoms with Crippen molar-refractivity contribution in [2.75, 3.05) is 6.61 Å². The van der Waals surface area contributed by atoms with Crippen LogP contribution in [-0.4, -0.2) is 22.8 Å². The molecule has 5 heteroatoms. The molecule has 2 fully saturated rings. The molecule has 0 spiro atoms. The highest BCUT2D eigenvalue weighted by molar-refractivity contribution is 6.82. The van der Waals surface area contributed by atoms with Crippen molar-refractivity contribution in [2.45, 2.75) is 205 Å². The Morgan fingerprint density at radius 1 is 0.630 bits per heavy atom. The van der Waals surface area contributed by atoms with E-state index in [2.05, 4.69) is 77.3 Å². The second kappa shape index (κ2) is 23.1. The summed E-state index contributed by atoms with van der Waals surface area (Å²) in [5.74, 6) is 2.87. The molecule has 2 aromatic rings. The van der Waals surface area contributed by atoms with Crippen molar-refractivity contribution in [3.8, 4) is 5.75 Å². The molecule has 54 heavy (non-hydrogen) atoms. The van der Waals surface area contributed by atoms with E-state index in [4.69, 9.17) is 4.74 Å². The van der Waals surface area contributed by atoms with Crippen LogP contribution in [0.25, 0.3) is 0 Å². The van der Waals surface area contributed by atoms with Crippen molar-refractivity contribution in [2.24, 2.45) is 23.7 Å². The fourth-order valence-corrected chi connectivity index (χ4v) is 18.4. The second-order valence-electron chi connectivity index (χ2n) is 20.0. The molecule has 0 saturated heterocycles. The number of ether oxygens (including phenoxy) is 1. The van der Waals surface area contributed by atoms with E-state index in [1.54, 1.807) is 6.07 Å². The van der Waals surface area contributed by atoms with Crippen LogP contribution >= 0.6 is 0 Å². The monoisotopic (exact) mass is 781 g/mol. The van der Waals surface area contributed by atoms with Crippen molar-refractivity contribution in [1.29, 1.82) is 0 Å². The van der Waals surface area contributed by atoms with Crippen molar-refractivity contribution >= 4 is 16.1 Å². The quantitative estimate of drug-likeness (QED) is 0.0761. The zero-order valence-electron chi connectivity index (χ0n) is 36.1. The van der Waals surface area contributed by atoms with E-state index in [1.165, 1.54) is 126 Å². The molecule has 0 N–H and O–H groups in total. The van der Waals surface area contributed by atoms with Crippen LogP contribution in [0.4, 0.5) is 8.78 Å². The highest BCUT2D eigenvalue weighted by atomic mass is 28.3. The molecule has 0 amide bonds. The third-order valence-corrected chi connectivity index (χ3v) is 21.4. The summed E-state index contributed by atoms with van der Waals surface area (Å²) in [5.41, 5.74) is 2.06.